The molecule has 2 fully saturated rings. The van der Waals surface area contributed by atoms with Crippen LogP contribution in [0.3, 0.4) is 0 Å². The van der Waals surface area contributed by atoms with E-state index in [4.69, 9.17) is 16.3 Å². The van der Waals surface area contributed by atoms with Gasteiger partial charge in [0.05, 0.1) is 11.7 Å². The molecule has 2 aliphatic rings. The van der Waals surface area contributed by atoms with Gasteiger partial charge in [-0.2, -0.15) is 0 Å². The first-order valence-corrected chi connectivity index (χ1v) is 8.46. The van der Waals surface area contributed by atoms with Gasteiger partial charge in [0.15, 0.2) is 0 Å². The van der Waals surface area contributed by atoms with Crippen LogP contribution in [0.4, 0.5) is 0 Å². The number of nitrogens with one attached hydrogen (secondary N) is 1. The van der Waals surface area contributed by atoms with Crippen molar-refractivity contribution in [2.75, 3.05) is 12.4 Å². The highest BCUT2D eigenvalue weighted by Gasteiger charge is 2.42. The van der Waals surface area contributed by atoms with E-state index in [-0.39, 0.29) is 11.0 Å². The van der Waals surface area contributed by atoms with Crippen LogP contribution in [0.15, 0.2) is 0 Å². The highest BCUT2D eigenvalue weighted by atomic mass is 35.5. The molecule has 1 spiro atoms. The van der Waals surface area contributed by atoms with E-state index in [1.54, 1.807) is 0 Å². The lowest BCUT2D eigenvalue weighted by atomic mass is 9.85. The van der Waals surface area contributed by atoms with E-state index < -0.39 is 0 Å². The molecule has 112 valence electrons. The molecule has 1 N–H and O–H groups in total. The highest BCUT2D eigenvalue weighted by molar-refractivity contribution is 6.17. The van der Waals surface area contributed by atoms with Gasteiger partial charge in [0.2, 0.25) is 0 Å². The van der Waals surface area contributed by atoms with Gasteiger partial charge < -0.3 is 10.1 Å². The molecule has 2 unspecified atom stereocenters. The number of rotatable bonds is 5. The molecule has 1 aliphatic carbocycles. The number of ether oxygens (including phenoxy) is 1. The molecule has 2 nitrogen and oxygen atoms in total. The van der Waals surface area contributed by atoms with Crippen molar-refractivity contribution in [3.05, 3.63) is 0 Å². The number of halogens is 1. The van der Waals surface area contributed by atoms with E-state index in [0.29, 0.717) is 12.1 Å². The van der Waals surface area contributed by atoms with E-state index in [1.807, 2.05) is 0 Å². The Labute approximate surface area is 123 Å². The van der Waals surface area contributed by atoms with Crippen LogP contribution in [0.1, 0.15) is 65.7 Å². The predicted octanol–water partition coefficient (Wildman–Crippen LogP) is 4.11. The number of hydrogen-bond acceptors (Lipinski definition) is 2. The first kappa shape index (κ1) is 15.6. The van der Waals surface area contributed by atoms with E-state index in [0.717, 1.165) is 18.8 Å². The van der Waals surface area contributed by atoms with Crippen molar-refractivity contribution in [3.8, 4) is 0 Å². The fraction of sp³-hybridized carbons (Fsp3) is 1.00. The molecule has 2 rings (SSSR count). The van der Waals surface area contributed by atoms with E-state index in [2.05, 4.69) is 26.1 Å². The van der Waals surface area contributed by atoms with Crippen molar-refractivity contribution in [1.82, 2.24) is 5.32 Å². The largest absolute Gasteiger partial charge is 0.370 e. The molecule has 0 radical (unpaired) electrons. The van der Waals surface area contributed by atoms with Crippen LogP contribution in [0.2, 0.25) is 0 Å². The van der Waals surface area contributed by atoms with Gasteiger partial charge in [-0.25, -0.2) is 0 Å². The summed E-state index contributed by atoms with van der Waals surface area (Å²) in [6, 6.07) is 0.480. The smallest absolute Gasteiger partial charge is 0.0708 e. The second kappa shape index (κ2) is 6.32. The molecule has 1 aliphatic heterocycles. The summed E-state index contributed by atoms with van der Waals surface area (Å²) in [5, 5.41) is 3.70. The zero-order valence-electron chi connectivity index (χ0n) is 12.8. The van der Waals surface area contributed by atoms with Crippen molar-refractivity contribution in [2.24, 2.45) is 5.41 Å². The van der Waals surface area contributed by atoms with Crippen molar-refractivity contribution in [1.29, 1.82) is 0 Å². The molecule has 19 heavy (non-hydrogen) atoms. The van der Waals surface area contributed by atoms with Crippen molar-refractivity contribution in [3.63, 3.8) is 0 Å². The third kappa shape index (κ3) is 4.09. The zero-order valence-corrected chi connectivity index (χ0v) is 13.6. The summed E-state index contributed by atoms with van der Waals surface area (Å²) in [6.07, 6.45) is 9.23. The van der Waals surface area contributed by atoms with Gasteiger partial charge in [0.1, 0.15) is 0 Å². The average molecular weight is 288 g/mol. The summed E-state index contributed by atoms with van der Waals surface area (Å²) in [4.78, 5) is 0. The van der Waals surface area contributed by atoms with Crippen LogP contribution in [-0.4, -0.2) is 30.2 Å². The highest BCUT2D eigenvalue weighted by Crippen LogP contribution is 2.43. The van der Waals surface area contributed by atoms with Gasteiger partial charge in [-0.05, 0) is 37.5 Å². The molecule has 0 aromatic carbocycles. The molecule has 1 saturated carbocycles. The minimum Gasteiger partial charge on any atom is -0.370 e. The van der Waals surface area contributed by atoms with Crippen LogP contribution < -0.4 is 5.32 Å². The van der Waals surface area contributed by atoms with E-state index in [1.165, 1.54) is 38.5 Å². The molecule has 0 aromatic heterocycles. The van der Waals surface area contributed by atoms with Gasteiger partial charge in [-0.1, -0.05) is 33.6 Å². The maximum atomic E-state index is 6.36. The maximum absolute atomic E-state index is 6.36. The summed E-state index contributed by atoms with van der Waals surface area (Å²) in [7, 11) is 0. The molecule has 1 saturated heterocycles. The van der Waals surface area contributed by atoms with Crippen LogP contribution in [0.5, 0.6) is 0 Å². The maximum Gasteiger partial charge on any atom is 0.0708 e. The first-order chi connectivity index (χ1) is 8.95. The first-order valence-electron chi connectivity index (χ1n) is 7.92. The summed E-state index contributed by atoms with van der Waals surface area (Å²) in [5.74, 6) is 0.727. The van der Waals surface area contributed by atoms with Crippen LogP contribution in [0, 0.1) is 5.41 Å². The van der Waals surface area contributed by atoms with Gasteiger partial charge in [-0.3, -0.25) is 0 Å². The third-order valence-electron chi connectivity index (χ3n) is 4.89. The second-order valence-corrected chi connectivity index (χ2v) is 7.85. The number of hydrogen-bond donors (Lipinski definition) is 1. The second-order valence-electron chi connectivity index (χ2n) is 7.47. The van der Waals surface area contributed by atoms with Gasteiger partial charge in [0.25, 0.3) is 0 Å². The Hall–Kier alpha value is 0.210. The summed E-state index contributed by atoms with van der Waals surface area (Å²) in [5.41, 5.74) is 0.522. The van der Waals surface area contributed by atoms with Crippen LogP contribution in [0.25, 0.3) is 0 Å². The summed E-state index contributed by atoms with van der Waals surface area (Å²) in [6.45, 7) is 7.84. The summed E-state index contributed by atoms with van der Waals surface area (Å²) >= 11 is 5.92. The van der Waals surface area contributed by atoms with Gasteiger partial charge >= 0.3 is 0 Å². The van der Waals surface area contributed by atoms with E-state index in [9.17, 15) is 0 Å². The monoisotopic (exact) mass is 287 g/mol. The Kier molecular flexibility index (Phi) is 5.19. The molecule has 0 aromatic rings. The predicted molar refractivity (Wildman–Crippen MR) is 81.9 cm³/mol. The third-order valence-corrected chi connectivity index (χ3v) is 5.11. The van der Waals surface area contributed by atoms with E-state index >= 15 is 0 Å². The lowest BCUT2D eigenvalue weighted by Crippen LogP contribution is -2.44. The molecular formula is C16H30ClNO. The van der Waals surface area contributed by atoms with Crippen molar-refractivity contribution >= 4 is 11.6 Å². The van der Waals surface area contributed by atoms with Crippen molar-refractivity contribution < 1.29 is 4.74 Å². The Morgan fingerprint density at radius 3 is 2.53 bits per heavy atom. The fourth-order valence-corrected chi connectivity index (χ4v) is 3.87. The fourth-order valence-electron chi connectivity index (χ4n) is 3.65. The lowest BCUT2D eigenvalue weighted by Gasteiger charge is -2.32. The quantitative estimate of drug-likeness (QED) is 0.768. The van der Waals surface area contributed by atoms with Gasteiger partial charge in [0, 0.05) is 18.5 Å². The summed E-state index contributed by atoms with van der Waals surface area (Å²) < 4.78 is 6.36. The molecular weight excluding hydrogens is 258 g/mol. The minimum absolute atomic E-state index is 0.260. The lowest BCUT2D eigenvalue weighted by molar-refractivity contribution is -0.0369. The zero-order chi connectivity index (χ0) is 13.9. The normalized spacial score (nSPS) is 28.1. The minimum atomic E-state index is 0.260. The number of alkyl halides is 1. The Balaban J connectivity index is 1.78. The molecule has 0 amide bonds. The van der Waals surface area contributed by atoms with Crippen LogP contribution >= 0.6 is 11.6 Å². The standard InChI is InChI=1S/C16H30ClNO/c1-15(2,3)14(7-11-17)18-12-13-6-10-16(19-13)8-4-5-9-16/h13-14,18H,4-12H2,1-3H3. The SMILES string of the molecule is CC(C)(C)C(CCCl)NCC1CCC2(CCCC2)O1. The molecule has 2 atom stereocenters. The average Bonchev–Trinajstić information content (AvgIpc) is 2.94. The molecule has 1 heterocycles. The Morgan fingerprint density at radius 1 is 1.26 bits per heavy atom. The topological polar surface area (TPSA) is 21.3 Å². The Morgan fingerprint density at radius 2 is 1.95 bits per heavy atom. The van der Waals surface area contributed by atoms with Gasteiger partial charge in [-0.15, -0.1) is 11.6 Å². The van der Waals surface area contributed by atoms with Crippen molar-refractivity contribution in [2.45, 2.75) is 83.5 Å². The molecule has 3 heteroatoms. The molecule has 0 bridgehead atoms. The Bertz CT molecular complexity index is 281. The van der Waals surface area contributed by atoms with Crippen LogP contribution in [-0.2, 0) is 4.74 Å².